The zero-order valence-electron chi connectivity index (χ0n) is 14.5. The molecule has 5 nitrogen and oxygen atoms in total. The summed E-state index contributed by atoms with van der Waals surface area (Å²) >= 11 is 0. The van der Waals surface area contributed by atoms with Crippen molar-refractivity contribution in [2.45, 2.75) is 31.8 Å². The molecule has 1 aliphatic carbocycles. The van der Waals surface area contributed by atoms with Gasteiger partial charge in [0.2, 0.25) is 0 Å². The molecule has 1 unspecified atom stereocenters. The van der Waals surface area contributed by atoms with Crippen LogP contribution in [0.5, 0.6) is 11.5 Å². The lowest BCUT2D eigenvalue weighted by Crippen LogP contribution is -2.25. The molecule has 132 valence electrons. The predicted octanol–water partition coefficient (Wildman–Crippen LogP) is 3.61. The SMILES string of the molecule is COc1ccc(C(C)CNC(=O)O)cc1OC1Cc2ccccc2C1. The summed E-state index contributed by atoms with van der Waals surface area (Å²) in [5.41, 5.74) is 3.68. The van der Waals surface area contributed by atoms with Crippen LogP contribution in [0.1, 0.15) is 29.5 Å². The molecule has 0 saturated carbocycles. The van der Waals surface area contributed by atoms with E-state index in [2.05, 4.69) is 29.6 Å². The molecule has 1 aliphatic rings. The van der Waals surface area contributed by atoms with Crippen LogP contribution in [0.15, 0.2) is 42.5 Å². The molecule has 2 aromatic rings. The average Bonchev–Trinajstić information content (AvgIpc) is 3.01. The smallest absolute Gasteiger partial charge is 0.404 e. The summed E-state index contributed by atoms with van der Waals surface area (Å²) in [7, 11) is 1.63. The van der Waals surface area contributed by atoms with Crippen LogP contribution in [-0.2, 0) is 12.8 Å². The van der Waals surface area contributed by atoms with Gasteiger partial charge in [-0.3, -0.25) is 0 Å². The highest BCUT2D eigenvalue weighted by atomic mass is 16.5. The molecule has 0 bridgehead atoms. The molecule has 0 spiro atoms. The maximum atomic E-state index is 10.7. The fourth-order valence-corrected chi connectivity index (χ4v) is 3.23. The molecule has 0 radical (unpaired) electrons. The first-order chi connectivity index (χ1) is 12.1. The number of amides is 1. The number of benzene rings is 2. The van der Waals surface area contributed by atoms with Crippen molar-refractivity contribution in [3.8, 4) is 11.5 Å². The van der Waals surface area contributed by atoms with Crippen LogP contribution in [0.25, 0.3) is 0 Å². The van der Waals surface area contributed by atoms with Gasteiger partial charge in [0.25, 0.3) is 0 Å². The first-order valence-corrected chi connectivity index (χ1v) is 8.45. The standard InChI is InChI=1S/C20H23NO4/c1-13(12-21-20(22)23)14-7-8-18(24-2)19(11-14)25-17-9-15-5-3-4-6-16(15)10-17/h3-8,11,13,17,21H,9-10,12H2,1-2H3,(H,22,23). The molecular formula is C20H23NO4. The van der Waals surface area contributed by atoms with Gasteiger partial charge in [0.05, 0.1) is 7.11 Å². The third-order valence-corrected chi connectivity index (χ3v) is 4.62. The van der Waals surface area contributed by atoms with Crippen LogP contribution in [0.2, 0.25) is 0 Å². The zero-order chi connectivity index (χ0) is 17.8. The number of ether oxygens (including phenoxy) is 2. The Morgan fingerprint density at radius 2 is 1.88 bits per heavy atom. The summed E-state index contributed by atoms with van der Waals surface area (Å²) < 4.78 is 11.7. The van der Waals surface area contributed by atoms with Gasteiger partial charge in [-0.25, -0.2) is 4.79 Å². The zero-order valence-corrected chi connectivity index (χ0v) is 14.5. The Kier molecular flexibility index (Phi) is 5.12. The van der Waals surface area contributed by atoms with Crippen LogP contribution in [-0.4, -0.2) is 31.0 Å². The van der Waals surface area contributed by atoms with E-state index >= 15 is 0 Å². The predicted molar refractivity (Wildman–Crippen MR) is 95.7 cm³/mol. The van der Waals surface area contributed by atoms with Crippen LogP contribution < -0.4 is 14.8 Å². The normalized spacial score (nSPS) is 14.6. The van der Waals surface area contributed by atoms with Gasteiger partial charge < -0.3 is 19.9 Å². The van der Waals surface area contributed by atoms with Crippen LogP contribution >= 0.6 is 0 Å². The Labute approximate surface area is 147 Å². The highest BCUT2D eigenvalue weighted by molar-refractivity contribution is 5.64. The van der Waals surface area contributed by atoms with Crippen molar-refractivity contribution in [2.24, 2.45) is 0 Å². The molecule has 1 atom stereocenters. The lowest BCUT2D eigenvalue weighted by molar-refractivity contribution is 0.194. The van der Waals surface area contributed by atoms with Crippen molar-refractivity contribution in [2.75, 3.05) is 13.7 Å². The molecule has 2 aromatic carbocycles. The molecule has 0 fully saturated rings. The van der Waals surface area contributed by atoms with Crippen LogP contribution in [0.4, 0.5) is 4.79 Å². The van der Waals surface area contributed by atoms with E-state index in [9.17, 15) is 4.79 Å². The van der Waals surface area contributed by atoms with Crippen molar-refractivity contribution >= 4 is 6.09 Å². The van der Waals surface area contributed by atoms with Gasteiger partial charge in [0.15, 0.2) is 11.5 Å². The minimum Gasteiger partial charge on any atom is -0.493 e. The number of carbonyl (C=O) groups is 1. The quantitative estimate of drug-likeness (QED) is 0.842. The van der Waals surface area contributed by atoms with E-state index in [4.69, 9.17) is 14.6 Å². The number of rotatable bonds is 6. The summed E-state index contributed by atoms with van der Waals surface area (Å²) in [6.07, 6.45) is 0.855. The lowest BCUT2D eigenvalue weighted by Gasteiger charge is -2.19. The number of methoxy groups -OCH3 is 1. The van der Waals surface area contributed by atoms with E-state index < -0.39 is 6.09 Å². The number of nitrogens with one attached hydrogen (secondary N) is 1. The third kappa shape index (κ3) is 4.05. The lowest BCUT2D eigenvalue weighted by atomic mass is 10.0. The summed E-state index contributed by atoms with van der Waals surface area (Å²) in [4.78, 5) is 10.7. The number of hydrogen-bond acceptors (Lipinski definition) is 3. The third-order valence-electron chi connectivity index (χ3n) is 4.62. The van der Waals surface area contributed by atoms with E-state index in [1.807, 2.05) is 25.1 Å². The van der Waals surface area contributed by atoms with Crippen molar-refractivity contribution < 1.29 is 19.4 Å². The molecular weight excluding hydrogens is 318 g/mol. The molecule has 0 aliphatic heterocycles. The summed E-state index contributed by atoms with van der Waals surface area (Å²) in [6.45, 7) is 2.34. The first kappa shape index (κ1) is 17.1. The first-order valence-electron chi connectivity index (χ1n) is 8.45. The van der Waals surface area contributed by atoms with Crippen molar-refractivity contribution in [1.82, 2.24) is 5.32 Å². The molecule has 0 saturated heterocycles. The molecule has 25 heavy (non-hydrogen) atoms. The van der Waals surface area contributed by atoms with Crippen molar-refractivity contribution in [3.05, 3.63) is 59.2 Å². The van der Waals surface area contributed by atoms with Gasteiger partial charge in [-0.05, 0) is 34.7 Å². The molecule has 1 amide bonds. The topological polar surface area (TPSA) is 67.8 Å². The largest absolute Gasteiger partial charge is 0.493 e. The van der Waals surface area contributed by atoms with Crippen LogP contribution in [0, 0.1) is 0 Å². The van der Waals surface area contributed by atoms with Gasteiger partial charge >= 0.3 is 6.09 Å². The molecule has 3 rings (SSSR count). The van der Waals surface area contributed by atoms with Gasteiger partial charge in [0, 0.05) is 19.4 Å². The summed E-state index contributed by atoms with van der Waals surface area (Å²) in [5, 5.41) is 11.2. The molecule has 0 heterocycles. The Morgan fingerprint density at radius 3 is 2.48 bits per heavy atom. The second-order valence-corrected chi connectivity index (χ2v) is 6.41. The Morgan fingerprint density at radius 1 is 1.20 bits per heavy atom. The van der Waals surface area contributed by atoms with Gasteiger partial charge in [0.1, 0.15) is 6.10 Å². The molecule has 5 heteroatoms. The number of fused-ring (bicyclic) bond motifs is 1. The van der Waals surface area contributed by atoms with E-state index in [0.717, 1.165) is 18.4 Å². The highest BCUT2D eigenvalue weighted by Crippen LogP contribution is 2.34. The van der Waals surface area contributed by atoms with E-state index in [1.54, 1.807) is 7.11 Å². The van der Waals surface area contributed by atoms with E-state index in [0.29, 0.717) is 18.0 Å². The Bertz CT molecular complexity index is 734. The number of carboxylic acid groups (broad SMARTS) is 1. The minimum atomic E-state index is -1.01. The molecule has 0 aromatic heterocycles. The monoisotopic (exact) mass is 341 g/mol. The fraction of sp³-hybridized carbons (Fsp3) is 0.350. The van der Waals surface area contributed by atoms with E-state index in [-0.39, 0.29) is 12.0 Å². The average molecular weight is 341 g/mol. The Balaban J connectivity index is 1.74. The van der Waals surface area contributed by atoms with Gasteiger partial charge in [-0.1, -0.05) is 37.3 Å². The van der Waals surface area contributed by atoms with Crippen molar-refractivity contribution in [1.29, 1.82) is 0 Å². The maximum Gasteiger partial charge on any atom is 0.404 e. The summed E-state index contributed by atoms with van der Waals surface area (Å²) in [6, 6.07) is 14.2. The minimum absolute atomic E-state index is 0.0464. The van der Waals surface area contributed by atoms with Gasteiger partial charge in [-0.2, -0.15) is 0 Å². The van der Waals surface area contributed by atoms with Gasteiger partial charge in [-0.15, -0.1) is 0 Å². The Hall–Kier alpha value is -2.69. The second-order valence-electron chi connectivity index (χ2n) is 6.41. The number of hydrogen-bond donors (Lipinski definition) is 2. The maximum absolute atomic E-state index is 10.7. The van der Waals surface area contributed by atoms with Crippen LogP contribution in [0.3, 0.4) is 0 Å². The van der Waals surface area contributed by atoms with E-state index in [1.165, 1.54) is 11.1 Å². The fourth-order valence-electron chi connectivity index (χ4n) is 3.23. The molecule has 2 N–H and O–H groups in total. The second kappa shape index (κ2) is 7.47. The van der Waals surface area contributed by atoms with Crippen molar-refractivity contribution in [3.63, 3.8) is 0 Å². The highest BCUT2D eigenvalue weighted by Gasteiger charge is 2.24. The summed E-state index contributed by atoms with van der Waals surface area (Å²) in [5.74, 6) is 1.45.